The Hall–Kier alpha value is -1.99. The number of rotatable bonds is 3. The summed E-state index contributed by atoms with van der Waals surface area (Å²) < 4.78 is 0. The molecular formula is C19H21N3O2S2. The maximum absolute atomic E-state index is 12.6. The fourth-order valence-corrected chi connectivity index (χ4v) is 5.28. The van der Waals surface area contributed by atoms with Crippen molar-refractivity contribution in [2.45, 2.75) is 39.0 Å². The third-order valence-electron chi connectivity index (χ3n) is 5.15. The van der Waals surface area contributed by atoms with Crippen molar-refractivity contribution in [3.63, 3.8) is 0 Å². The molecular weight excluding hydrogens is 366 g/mol. The van der Waals surface area contributed by atoms with Crippen molar-refractivity contribution in [1.82, 2.24) is 14.9 Å². The van der Waals surface area contributed by atoms with Gasteiger partial charge < -0.3 is 9.88 Å². The molecule has 0 saturated carbocycles. The molecule has 1 aliphatic heterocycles. The van der Waals surface area contributed by atoms with E-state index in [1.807, 2.05) is 35.6 Å². The number of fused-ring (bicyclic) bond motifs is 1. The molecule has 4 heterocycles. The highest BCUT2D eigenvalue weighted by atomic mass is 32.1. The predicted octanol–water partition coefficient (Wildman–Crippen LogP) is 3.61. The van der Waals surface area contributed by atoms with Crippen LogP contribution in [0.2, 0.25) is 0 Å². The lowest BCUT2D eigenvalue weighted by Gasteiger charge is -2.32. The molecule has 26 heavy (non-hydrogen) atoms. The van der Waals surface area contributed by atoms with Crippen molar-refractivity contribution >= 4 is 38.8 Å². The summed E-state index contributed by atoms with van der Waals surface area (Å²) in [7, 11) is 0. The molecule has 136 valence electrons. The van der Waals surface area contributed by atoms with Crippen LogP contribution in [0.3, 0.4) is 0 Å². The fraction of sp³-hybridized carbons (Fsp3) is 0.421. The van der Waals surface area contributed by atoms with Gasteiger partial charge in [-0.2, -0.15) is 11.3 Å². The molecule has 1 N–H and O–H groups in total. The zero-order valence-electron chi connectivity index (χ0n) is 14.9. The number of aryl methyl sites for hydroxylation is 2. The summed E-state index contributed by atoms with van der Waals surface area (Å²) in [5.41, 5.74) is 2.02. The number of nitrogens with zero attached hydrogens (tertiary/aromatic N) is 2. The summed E-state index contributed by atoms with van der Waals surface area (Å²) in [5.74, 6) is 0.964. The first-order valence-electron chi connectivity index (χ1n) is 8.81. The Labute approximate surface area is 159 Å². The number of carbonyl (C=O) groups excluding carboxylic acids is 1. The van der Waals surface area contributed by atoms with Crippen molar-refractivity contribution in [3.05, 3.63) is 49.0 Å². The van der Waals surface area contributed by atoms with Gasteiger partial charge in [0.1, 0.15) is 10.7 Å². The van der Waals surface area contributed by atoms with Crippen LogP contribution in [0.15, 0.2) is 21.6 Å². The van der Waals surface area contributed by atoms with Crippen LogP contribution >= 0.6 is 22.7 Å². The minimum atomic E-state index is -0.0615. The highest BCUT2D eigenvalue weighted by molar-refractivity contribution is 7.18. The first kappa shape index (κ1) is 17.4. The number of thiophene rings is 2. The quantitative estimate of drug-likeness (QED) is 0.747. The number of amides is 1. The fourth-order valence-electron chi connectivity index (χ4n) is 3.57. The smallest absolute Gasteiger partial charge is 0.259 e. The summed E-state index contributed by atoms with van der Waals surface area (Å²) >= 11 is 3.18. The number of aromatic amines is 1. The predicted molar refractivity (Wildman–Crippen MR) is 106 cm³/mol. The third-order valence-corrected chi connectivity index (χ3v) is 6.99. The number of likely N-dealkylation sites (tertiary alicyclic amines) is 1. The second-order valence-corrected chi connectivity index (χ2v) is 8.89. The summed E-state index contributed by atoms with van der Waals surface area (Å²) in [5, 5.41) is 4.72. The Morgan fingerprint density at radius 1 is 1.42 bits per heavy atom. The van der Waals surface area contributed by atoms with Crippen molar-refractivity contribution in [3.8, 4) is 0 Å². The van der Waals surface area contributed by atoms with Gasteiger partial charge in [-0.3, -0.25) is 9.59 Å². The second-order valence-electron chi connectivity index (χ2n) is 6.90. The van der Waals surface area contributed by atoms with Gasteiger partial charge in [0.2, 0.25) is 5.91 Å². The number of piperidine rings is 1. The minimum absolute atomic E-state index is 0.0615. The van der Waals surface area contributed by atoms with E-state index in [-0.39, 0.29) is 17.4 Å². The molecule has 1 unspecified atom stereocenters. The first-order valence-corrected chi connectivity index (χ1v) is 10.6. The minimum Gasteiger partial charge on any atom is -0.342 e. The standard InChI is InChI=1S/C19H21N3O2S2/c1-11-12(2)26-19-16(11)18(24)20-17(21-19)14-4-3-6-22(9-14)15(23)8-13-5-7-25-10-13/h5,7,10,14H,3-4,6,8-9H2,1-2H3,(H,20,21,24). The average Bonchev–Trinajstić information content (AvgIpc) is 3.23. The molecule has 1 amide bonds. The van der Waals surface area contributed by atoms with Crippen molar-refractivity contribution in [2.75, 3.05) is 13.1 Å². The SMILES string of the molecule is Cc1sc2nc(C3CCCN(C(=O)Cc4ccsc4)C3)[nH]c(=O)c2c1C. The molecule has 0 aliphatic carbocycles. The van der Waals surface area contributed by atoms with Gasteiger partial charge in [0.25, 0.3) is 5.56 Å². The van der Waals surface area contributed by atoms with Crippen LogP contribution in [0.5, 0.6) is 0 Å². The van der Waals surface area contributed by atoms with Gasteiger partial charge in [-0.25, -0.2) is 4.98 Å². The van der Waals surface area contributed by atoms with Gasteiger partial charge in [-0.05, 0) is 54.6 Å². The topological polar surface area (TPSA) is 66.1 Å². The van der Waals surface area contributed by atoms with E-state index in [0.717, 1.165) is 46.0 Å². The Morgan fingerprint density at radius 3 is 3.04 bits per heavy atom. The van der Waals surface area contributed by atoms with E-state index in [4.69, 9.17) is 4.98 Å². The molecule has 1 aliphatic rings. The third kappa shape index (κ3) is 3.21. The number of hydrogen-bond donors (Lipinski definition) is 1. The largest absolute Gasteiger partial charge is 0.342 e. The van der Waals surface area contributed by atoms with Gasteiger partial charge in [-0.15, -0.1) is 11.3 Å². The van der Waals surface area contributed by atoms with Crippen LogP contribution in [-0.2, 0) is 11.2 Å². The van der Waals surface area contributed by atoms with Crippen LogP contribution < -0.4 is 5.56 Å². The molecule has 0 aromatic carbocycles. The maximum Gasteiger partial charge on any atom is 0.259 e. The lowest BCUT2D eigenvalue weighted by molar-refractivity contribution is -0.131. The summed E-state index contributed by atoms with van der Waals surface area (Å²) in [4.78, 5) is 36.7. The van der Waals surface area contributed by atoms with Crippen molar-refractivity contribution < 1.29 is 4.79 Å². The van der Waals surface area contributed by atoms with Crippen molar-refractivity contribution in [2.24, 2.45) is 0 Å². The normalized spacial score (nSPS) is 17.8. The maximum atomic E-state index is 12.6. The molecule has 3 aromatic rings. The first-order chi connectivity index (χ1) is 12.5. The second kappa shape index (κ2) is 6.96. The zero-order chi connectivity index (χ0) is 18.3. The van der Waals surface area contributed by atoms with Gasteiger partial charge in [-0.1, -0.05) is 0 Å². The Morgan fingerprint density at radius 2 is 2.27 bits per heavy atom. The molecule has 7 heteroatoms. The Kier molecular flexibility index (Phi) is 4.67. The number of aromatic nitrogens is 2. The lowest BCUT2D eigenvalue weighted by atomic mass is 9.96. The summed E-state index contributed by atoms with van der Waals surface area (Å²) in [6.07, 6.45) is 2.33. The van der Waals surface area contributed by atoms with E-state index >= 15 is 0 Å². The molecule has 4 rings (SSSR count). The molecule has 3 aromatic heterocycles. The van der Waals surface area contributed by atoms with Crippen LogP contribution in [0.1, 0.15) is 40.6 Å². The molecule has 0 bridgehead atoms. The van der Waals surface area contributed by atoms with Gasteiger partial charge in [0.05, 0.1) is 11.8 Å². The van der Waals surface area contributed by atoms with Crippen LogP contribution in [0.4, 0.5) is 0 Å². The lowest BCUT2D eigenvalue weighted by Crippen LogP contribution is -2.40. The molecule has 1 fully saturated rings. The zero-order valence-corrected chi connectivity index (χ0v) is 16.5. The highest BCUT2D eigenvalue weighted by Gasteiger charge is 2.27. The monoisotopic (exact) mass is 387 g/mol. The van der Waals surface area contributed by atoms with Crippen LogP contribution in [0, 0.1) is 13.8 Å². The van der Waals surface area contributed by atoms with E-state index in [2.05, 4.69) is 4.98 Å². The number of carbonyl (C=O) groups is 1. The van der Waals surface area contributed by atoms with Crippen LogP contribution in [-0.4, -0.2) is 33.9 Å². The number of hydrogen-bond acceptors (Lipinski definition) is 5. The van der Waals surface area contributed by atoms with E-state index in [1.54, 1.807) is 22.7 Å². The van der Waals surface area contributed by atoms with Gasteiger partial charge in [0, 0.05) is 23.9 Å². The molecule has 5 nitrogen and oxygen atoms in total. The Bertz CT molecular complexity index is 1000. The van der Waals surface area contributed by atoms with Crippen molar-refractivity contribution in [1.29, 1.82) is 0 Å². The molecule has 0 radical (unpaired) electrons. The average molecular weight is 388 g/mol. The van der Waals surface area contributed by atoms with Gasteiger partial charge >= 0.3 is 0 Å². The molecule has 1 saturated heterocycles. The van der Waals surface area contributed by atoms with E-state index < -0.39 is 0 Å². The van der Waals surface area contributed by atoms with E-state index in [0.29, 0.717) is 18.4 Å². The summed E-state index contributed by atoms with van der Waals surface area (Å²) in [6.45, 7) is 5.40. The van der Waals surface area contributed by atoms with Crippen LogP contribution in [0.25, 0.3) is 10.2 Å². The number of H-pyrrole nitrogens is 1. The summed E-state index contributed by atoms with van der Waals surface area (Å²) in [6, 6.07) is 2.00. The Balaban J connectivity index is 1.57. The van der Waals surface area contributed by atoms with E-state index in [9.17, 15) is 9.59 Å². The molecule has 1 atom stereocenters. The number of nitrogens with one attached hydrogen (secondary N) is 1. The molecule has 0 spiro atoms. The van der Waals surface area contributed by atoms with Gasteiger partial charge in [0.15, 0.2) is 0 Å². The highest BCUT2D eigenvalue weighted by Crippen LogP contribution is 2.29. The van der Waals surface area contributed by atoms with E-state index in [1.165, 1.54) is 0 Å².